The molecule has 5 rings (SSSR count). The highest BCUT2D eigenvalue weighted by Crippen LogP contribution is 2.43. The van der Waals surface area contributed by atoms with Crippen molar-refractivity contribution in [1.29, 1.82) is 0 Å². The van der Waals surface area contributed by atoms with Crippen LogP contribution in [0.3, 0.4) is 0 Å². The van der Waals surface area contributed by atoms with Gasteiger partial charge in [0.05, 0.1) is 10.2 Å². The van der Waals surface area contributed by atoms with Crippen molar-refractivity contribution >= 4 is 64.8 Å². The van der Waals surface area contributed by atoms with Crippen molar-refractivity contribution in [1.82, 2.24) is 4.98 Å². The number of rotatable bonds is 0. The summed E-state index contributed by atoms with van der Waals surface area (Å²) in [5.74, 6) is 0. The molecule has 0 amide bonds. The van der Waals surface area contributed by atoms with E-state index in [4.69, 9.17) is 11.6 Å². The van der Waals surface area contributed by atoms with Crippen molar-refractivity contribution in [3.05, 3.63) is 65.3 Å². The molecule has 0 aliphatic heterocycles. The van der Waals surface area contributed by atoms with Gasteiger partial charge in [-0.25, -0.2) is 4.98 Å². The van der Waals surface area contributed by atoms with Crippen molar-refractivity contribution in [2.45, 2.75) is 6.92 Å². The van der Waals surface area contributed by atoms with Gasteiger partial charge in [0, 0.05) is 20.9 Å². The van der Waals surface area contributed by atoms with Crippen molar-refractivity contribution in [2.75, 3.05) is 0 Å². The summed E-state index contributed by atoms with van der Waals surface area (Å²) in [7, 11) is 0. The standard InChI is InChI=1S/C20H12ClNS/c1-11-5-4-8-14-16-15-10-9-12-6-2-3-7-13(12)18(15)23-19(16)20(21)22-17(11)14/h2-10H,1H3. The third-order valence-corrected chi connectivity index (χ3v) is 6.12. The quantitative estimate of drug-likeness (QED) is 0.287. The highest BCUT2D eigenvalue weighted by molar-refractivity contribution is 7.27. The first-order valence-corrected chi connectivity index (χ1v) is 8.72. The van der Waals surface area contributed by atoms with E-state index >= 15 is 0 Å². The maximum Gasteiger partial charge on any atom is 0.147 e. The molecule has 110 valence electrons. The molecule has 0 aliphatic rings. The Kier molecular flexibility index (Phi) is 2.70. The fourth-order valence-corrected chi connectivity index (χ4v) is 4.92. The zero-order valence-corrected chi connectivity index (χ0v) is 14.0. The third kappa shape index (κ3) is 1.76. The fraction of sp³-hybridized carbons (Fsp3) is 0.0500. The number of aromatic nitrogens is 1. The van der Waals surface area contributed by atoms with Crippen molar-refractivity contribution in [3.8, 4) is 0 Å². The third-order valence-electron chi connectivity index (χ3n) is 4.48. The van der Waals surface area contributed by atoms with Crippen LogP contribution in [-0.4, -0.2) is 4.98 Å². The summed E-state index contributed by atoms with van der Waals surface area (Å²) < 4.78 is 2.37. The summed E-state index contributed by atoms with van der Waals surface area (Å²) in [5, 5.41) is 6.83. The number of aryl methyl sites for hydroxylation is 1. The van der Waals surface area contributed by atoms with Gasteiger partial charge in [-0.1, -0.05) is 66.2 Å². The molecular formula is C20H12ClNS. The van der Waals surface area contributed by atoms with Crippen LogP contribution in [0.4, 0.5) is 0 Å². The van der Waals surface area contributed by atoms with E-state index in [9.17, 15) is 0 Å². The Morgan fingerprint density at radius 2 is 1.65 bits per heavy atom. The predicted molar refractivity (Wildman–Crippen MR) is 102 cm³/mol. The first-order valence-electron chi connectivity index (χ1n) is 7.53. The van der Waals surface area contributed by atoms with Crippen LogP contribution in [0, 0.1) is 6.92 Å². The lowest BCUT2D eigenvalue weighted by atomic mass is 10.0. The van der Waals surface area contributed by atoms with Gasteiger partial charge in [-0.3, -0.25) is 0 Å². The summed E-state index contributed by atoms with van der Waals surface area (Å²) in [6.07, 6.45) is 0. The van der Waals surface area contributed by atoms with E-state index in [0.717, 1.165) is 15.8 Å². The molecule has 3 aromatic carbocycles. The number of para-hydroxylation sites is 1. The average molecular weight is 334 g/mol. The monoisotopic (exact) mass is 333 g/mol. The Balaban J connectivity index is 2.13. The van der Waals surface area contributed by atoms with E-state index in [1.165, 1.54) is 31.6 Å². The molecule has 23 heavy (non-hydrogen) atoms. The molecule has 0 fully saturated rings. The molecule has 2 heterocycles. The van der Waals surface area contributed by atoms with Crippen LogP contribution in [-0.2, 0) is 0 Å². The molecule has 0 atom stereocenters. The molecule has 5 aromatic rings. The lowest BCUT2D eigenvalue weighted by Crippen LogP contribution is -1.85. The number of pyridine rings is 1. The first kappa shape index (κ1) is 13.3. The first-order chi connectivity index (χ1) is 11.2. The number of fused-ring (bicyclic) bond motifs is 7. The maximum absolute atomic E-state index is 6.53. The largest absolute Gasteiger partial charge is 0.234 e. The topological polar surface area (TPSA) is 12.9 Å². The number of hydrogen-bond acceptors (Lipinski definition) is 2. The number of nitrogens with zero attached hydrogens (tertiary/aromatic N) is 1. The second kappa shape index (κ2) is 4.67. The van der Waals surface area contributed by atoms with E-state index in [-0.39, 0.29) is 0 Å². The molecule has 0 saturated heterocycles. The highest BCUT2D eigenvalue weighted by atomic mass is 35.5. The van der Waals surface area contributed by atoms with Crippen LogP contribution in [0.15, 0.2) is 54.6 Å². The van der Waals surface area contributed by atoms with Crippen LogP contribution in [0.5, 0.6) is 0 Å². The van der Waals surface area contributed by atoms with Gasteiger partial charge in [-0.15, -0.1) is 11.3 Å². The number of thiophene rings is 1. The van der Waals surface area contributed by atoms with Crippen LogP contribution in [0.1, 0.15) is 5.56 Å². The molecule has 1 nitrogen and oxygen atoms in total. The minimum absolute atomic E-state index is 0.604. The maximum atomic E-state index is 6.53. The van der Waals surface area contributed by atoms with E-state index in [1.54, 1.807) is 11.3 Å². The molecule has 2 aromatic heterocycles. The molecule has 0 N–H and O–H groups in total. The molecule has 0 radical (unpaired) electrons. The normalized spacial score (nSPS) is 11.9. The van der Waals surface area contributed by atoms with E-state index in [0.29, 0.717) is 5.15 Å². The molecule has 0 unspecified atom stereocenters. The van der Waals surface area contributed by atoms with Crippen LogP contribution in [0.2, 0.25) is 5.15 Å². The summed E-state index contributed by atoms with van der Waals surface area (Å²) in [6, 6.07) is 19.2. The van der Waals surface area contributed by atoms with Crippen LogP contribution < -0.4 is 0 Å². The molecule has 0 saturated carbocycles. The number of hydrogen-bond donors (Lipinski definition) is 0. The molecule has 0 bridgehead atoms. The second-order valence-electron chi connectivity index (χ2n) is 5.84. The van der Waals surface area contributed by atoms with E-state index in [2.05, 4.69) is 66.5 Å². The Morgan fingerprint density at radius 3 is 2.57 bits per heavy atom. The van der Waals surface area contributed by atoms with Gasteiger partial charge in [0.2, 0.25) is 0 Å². The zero-order valence-electron chi connectivity index (χ0n) is 12.4. The Bertz CT molecular complexity index is 1240. The Labute approximate surface area is 142 Å². The van der Waals surface area contributed by atoms with Gasteiger partial charge >= 0.3 is 0 Å². The van der Waals surface area contributed by atoms with Gasteiger partial charge in [-0.2, -0.15) is 0 Å². The van der Waals surface area contributed by atoms with E-state index in [1.807, 2.05) is 0 Å². The molecule has 3 heteroatoms. The predicted octanol–water partition coefficient (Wildman–Crippen LogP) is 6.72. The molecule has 0 spiro atoms. The van der Waals surface area contributed by atoms with E-state index < -0.39 is 0 Å². The number of benzene rings is 3. The highest BCUT2D eigenvalue weighted by Gasteiger charge is 2.15. The average Bonchev–Trinajstić information content (AvgIpc) is 2.97. The van der Waals surface area contributed by atoms with Crippen molar-refractivity contribution in [2.24, 2.45) is 0 Å². The Hall–Kier alpha value is -2.16. The van der Waals surface area contributed by atoms with Gasteiger partial charge in [-0.05, 0) is 23.3 Å². The number of halogens is 1. The molecular weight excluding hydrogens is 322 g/mol. The van der Waals surface area contributed by atoms with Crippen molar-refractivity contribution < 1.29 is 0 Å². The van der Waals surface area contributed by atoms with Crippen molar-refractivity contribution in [3.63, 3.8) is 0 Å². The second-order valence-corrected chi connectivity index (χ2v) is 7.22. The SMILES string of the molecule is Cc1cccc2c1nc(Cl)c1sc3c4ccccc4ccc3c12. The van der Waals surface area contributed by atoms with Crippen LogP contribution >= 0.6 is 22.9 Å². The lowest BCUT2D eigenvalue weighted by molar-refractivity contribution is 1.40. The molecule has 0 aliphatic carbocycles. The van der Waals surface area contributed by atoms with Gasteiger partial charge in [0.15, 0.2) is 0 Å². The van der Waals surface area contributed by atoms with Gasteiger partial charge in [0.1, 0.15) is 5.15 Å². The lowest BCUT2D eigenvalue weighted by Gasteiger charge is -2.04. The summed E-state index contributed by atoms with van der Waals surface area (Å²) in [4.78, 5) is 4.65. The van der Waals surface area contributed by atoms with Crippen LogP contribution in [0.25, 0.3) is 41.8 Å². The summed E-state index contributed by atoms with van der Waals surface area (Å²) in [6.45, 7) is 2.08. The smallest absolute Gasteiger partial charge is 0.147 e. The fourth-order valence-electron chi connectivity index (χ4n) is 3.40. The van der Waals surface area contributed by atoms with Gasteiger partial charge in [0.25, 0.3) is 0 Å². The zero-order chi connectivity index (χ0) is 15.6. The minimum atomic E-state index is 0.604. The minimum Gasteiger partial charge on any atom is -0.234 e. The summed E-state index contributed by atoms with van der Waals surface area (Å²) in [5.41, 5.74) is 2.16. The van der Waals surface area contributed by atoms with Gasteiger partial charge < -0.3 is 0 Å². The summed E-state index contributed by atoms with van der Waals surface area (Å²) >= 11 is 8.27. The Morgan fingerprint density at radius 1 is 0.826 bits per heavy atom.